The summed E-state index contributed by atoms with van der Waals surface area (Å²) in [6.07, 6.45) is 1.45. The maximum Gasteiger partial charge on any atom is 0.237 e. The number of hydrogen-bond acceptors (Lipinski definition) is 4. The first kappa shape index (κ1) is 15.7. The number of nitrogens with zero attached hydrogens (tertiary/aromatic N) is 1. The highest BCUT2D eigenvalue weighted by atomic mass is 16.3. The van der Waals surface area contributed by atoms with Gasteiger partial charge in [0.25, 0.3) is 0 Å². The van der Waals surface area contributed by atoms with Crippen LogP contribution in [-0.2, 0) is 4.79 Å². The van der Waals surface area contributed by atoms with Gasteiger partial charge in [0.05, 0.1) is 12.1 Å². The SMILES string of the molecule is CC1CC(C)CN(CC(C)NC(=O)C2CC(O)CN2)C1. The third-order valence-electron chi connectivity index (χ3n) is 4.29. The van der Waals surface area contributed by atoms with Gasteiger partial charge in [-0.25, -0.2) is 0 Å². The minimum atomic E-state index is -0.384. The average molecular weight is 283 g/mol. The van der Waals surface area contributed by atoms with Crippen LogP contribution in [0.3, 0.4) is 0 Å². The summed E-state index contributed by atoms with van der Waals surface area (Å²) in [5, 5.41) is 15.6. The molecule has 5 unspecified atom stereocenters. The van der Waals surface area contributed by atoms with E-state index in [1.165, 1.54) is 6.42 Å². The van der Waals surface area contributed by atoms with E-state index in [4.69, 9.17) is 0 Å². The fourth-order valence-electron chi connectivity index (χ4n) is 3.63. The van der Waals surface area contributed by atoms with Gasteiger partial charge in [-0.1, -0.05) is 13.8 Å². The number of β-amino-alcohol motifs (C(OH)–C–C–N with tert-alkyl or cyclic N) is 1. The molecule has 2 aliphatic rings. The van der Waals surface area contributed by atoms with Gasteiger partial charge in [-0.3, -0.25) is 4.79 Å². The average Bonchev–Trinajstić information content (AvgIpc) is 2.74. The van der Waals surface area contributed by atoms with Crippen LogP contribution < -0.4 is 10.6 Å². The molecule has 0 radical (unpaired) electrons. The molecule has 20 heavy (non-hydrogen) atoms. The normalized spacial score (nSPS) is 36.8. The van der Waals surface area contributed by atoms with Crippen molar-refractivity contribution >= 4 is 5.91 Å². The summed E-state index contributed by atoms with van der Waals surface area (Å²) in [4.78, 5) is 14.5. The number of hydrogen-bond donors (Lipinski definition) is 3. The van der Waals surface area contributed by atoms with E-state index >= 15 is 0 Å². The van der Waals surface area contributed by atoms with Gasteiger partial charge in [-0.15, -0.1) is 0 Å². The lowest BCUT2D eigenvalue weighted by Gasteiger charge is -2.36. The van der Waals surface area contributed by atoms with Crippen LogP contribution >= 0.6 is 0 Å². The van der Waals surface area contributed by atoms with Gasteiger partial charge in [0.2, 0.25) is 5.91 Å². The zero-order chi connectivity index (χ0) is 14.7. The highest BCUT2D eigenvalue weighted by Gasteiger charge is 2.29. The smallest absolute Gasteiger partial charge is 0.237 e. The van der Waals surface area contributed by atoms with Crippen molar-refractivity contribution < 1.29 is 9.90 Å². The van der Waals surface area contributed by atoms with E-state index in [1.807, 2.05) is 0 Å². The molecule has 1 amide bonds. The Balaban J connectivity index is 1.74. The Morgan fingerprint density at radius 2 is 2.00 bits per heavy atom. The molecule has 0 bridgehead atoms. The molecule has 0 spiro atoms. The van der Waals surface area contributed by atoms with Crippen molar-refractivity contribution in [1.82, 2.24) is 15.5 Å². The monoisotopic (exact) mass is 283 g/mol. The molecular weight excluding hydrogens is 254 g/mol. The fraction of sp³-hybridized carbons (Fsp3) is 0.933. The van der Waals surface area contributed by atoms with Crippen molar-refractivity contribution in [2.75, 3.05) is 26.2 Å². The molecule has 0 aliphatic carbocycles. The van der Waals surface area contributed by atoms with Gasteiger partial charge in [-0.2, -0.15) is 0 Å². The minimum absolute atomic E-state index is 0.0205. The van der Waals surface area contributed by atoms with Crippen molar-refractivity contribution in [2.24, 2.45) is 11.8 Å². The maximum atomic E-state index is 12.1. The topological polar surface area (TPSA) is 64.6 Å². The lowest BCUT2D eigenvalue weighted by molar-refractivity contribution is -0.123. The molecule has 3 N–H and O–H groups in total. The van der Waals surface area contributed by atoms with Gasteiger partial charge in [0.1, 0.15) is 0 Å². The van der Waals surface area contributed by atoms with Gasteiger partial charge in [0, 0.05) is 32.2 Å². The molecule has 5 atom stereocenters. The van der Waals surface area contributed by atoms with Crippen molar-refractivity contribution in [3.05, 3.63) is 0 Å². The largest absolute Gasteiger partial charge is 0.392 e. The molecule has 0 aromatic carbocycles. The van der Waals surface area contributed by atoms with E-state index in [9.17, 15) is 9.90 Å². The number of carbonyl (C=O) groups is 1. The third-order valence-corrected chi connectivity index (χ3v) is 4.29. The molecule has 2 rings (SSSR count). The summed E-state index contributed by atoms with van der Waals surface area (Å²) in [7, 11) is 0. The zero-order valence-electron chi connectivity index (χ0n) is 12.9. The second kappa shape index (κ2) is 6.87. The van der Waals surface area contributed by atoms with Crippen LogP contribution in [0.5, 0.6) is 0 Å². The first-order valence-electron chi connectivity index (χ1n) is 7.88. The number of nitrogens with one attached hydrogen (secondary N) is 2. The number of aliphatic hydroxyl groups excluding tert-OH is 1. The summed E-state index contributed by atoms with van der Waals surface area (Å²) in [5.74, 6) is 1.51. The van der Waals surface area contributed by atoms with E-state index in [0.29, 0.717) is 13.0 Å². The van der Waals surface area contributed by atoms with Crippen molar-refractivity contribution in [1.29, 1.82) is 0 Å². The standard InChI is InChI=1S/C15H29N3O2/c1-10-4-11(2)8-18(7-10)9-12(3)17-15(20)14-5-13(19)6-16-14/h10-14,16,19H,4-9H2,1-3H3,(H,17,20). The van der Waals surface area contributed by atoms with Crippen molar-refractivity contribution in [3.63, 3.8) is 0 Å². The van der Waals surface area contributed by atoms with Crippen LogP contribution in [0.1, 0.15) is 33.6 Å². The predicted octanol–water partition coefficient (Wildman–Crippen LogP) is 0.192. The third kappa shape index (κ3) is 4.43. The molecule has 2 fully saturated rings. The summed E-state index contributed by atoms with van der Waals surface area (Å²) in [6.45, 7) is 10.4. The van der Waals surface area contributed by atoms with Gasteiger partial charge in [-0.05, 0) is 31.6 Å². The van der Waals surface area contributed by atoms with Crippen molar-refractivity contribution in [3.8, 4) is 0 Å². The molecule has 2 heterocycles. The van der Waals surface area contributed by atoms with E-state index in [-0.39, 0.29) is 24.1 Å². The molecule has 0 aromatic rings. The Hall–Kier alpha value is -0.650. The van der Waals surface area contributed by atoms with E-state index < -0.39 is 0 Å². The van der Waals surface area contributed by atoms with Crippen LogP contribution in [0.2, 0.25) is 0 Å². The summed E-state index contributed by atoms with van der Waals surface area (Å²) in [5.41, 5.74) is 0. The number of rotatable bonds is 4. The highest BCUT2D eigenvalue weighted by molar-refractivity contribution is 5.82. The number of amides is 1. The second-order valence-electron chi connectivity index (χ2n) is 6.92. The molecular formula is C15H29N3O2. The Morgan fingerprint density at radius 3 is 2.55 bits per heavy atom. The Labute approximate surface area is 122 Å². The molecule has 2 aliphatic heterocycles. The van der Waals surface area contributed by atoms with E-state index in [0.717, 1.165) is 31.5 Å². The second-order valence-corrected chi connectivity index (χ2v) is 6.92. The first-order valence-corrected chi connectivity index (χ1v) is 7.88. The zero-order valence-corrected chi connectivity index (χ0v) is 12.9. The van der Waals surface area contributed by atoms with Crippen LogP contribution in [0.15, 0.2) is 0 Å². The lowest BCUT2D eigenvalue weighted by Crippen LogP contribution is -2.50. The Bertz CT molecular complexity index is 327. The van der Waals surface area contributed by atoms with Crippen LogP contribution in [0, 0.1) is 11.8 Å². The van der Waals surface area contributed by atoms with Crippen molar-refractivity contribution in [2.45, 2.75) is 51.8 Å². The quantitative estimate of drug-likeness (QED) is 0.689. The van der Waals surface area contributed by atoms with E-state index in [2.05, 4.69) is 36.3 Å². The van der Waals surface area contributed by atoms with Crippen LogP contribution in [-0.4, -0.2) is 60.3 Å². The first-order chi connectivity index (χ1) is 9.44. The highest BCUT2D eigenvalue weighted by Crippen LogP contribution is 2.20. The molecule has 0 aromatic heterocycles. The predicted molar refractivity (Wildman–Crippen MR) is 79.4 cm³/mol. The number of piperidine rings is 1. The molecule has 116 valence electrons. The van der Waals surface area contributed by atoms with E-state index in [1.54, 1.807) is 0 Å². The Kier molecular flexibility index (Phi) is 5.41. The molecule has 5 nitrogen and oxygen atoms in total. The molecule has 5 heteroatoms. The number of carbonyl (C=O) groups excluding carboxylic acids is 1. The summed E-state index contributed by atoms with van der Waals surface area (Å²) < 4.78 is 0. The molecule has 2 saturated heterocycles. The minimum Gasteiger partial charge on any atom is -0.392 e. The molecule has 0 saturated carbocycles. The van der Waals surface area contributed by atoms with Gasteiger partial charge >= 0.3 is 0 Å². The van der Waals surface area contributed by atoms with Gasteiger partial charge in [0.15, 0.2) is 0 Å². The van der Waals surface area contributed by atoms with Gasteiger partial charge < -0.3 is 20.6 Å². The number of likely N-dealkylation sites (tertiary alicyclic amines) is 1. The van der Waals surface area contributed by atoms with Crippen LogP contribution in [0.25, 0.3) is 0 Å². The van der Waals surface area contributed by atoms with Crippen LogP contribution in [0.4, 0.5) is 0 Å². The lowest BCUT2D eigenvalue weighted by atomic mass is 9.92. The Morgan fingerprint density at radius 1 is 1.35 bits per heavy atom. The number of aliphatic hydroxyl groups is 1. The summed E-state index contributed by atoms with van der Waals surface area (Å²) >= 11 is 0. The summed E-state index contributed by atoms with van der Waals surface area (Å²) in [6, 6.07) is -0.0776. The maximum absolute atomic E-state index is 12.1. The fourth-order valence-corrected chi connectivity index (χ4v) is 3.63.